The molecule has 0 saturated carbocycles. The summed E-state index contributed by atoms with van der Waals surface area (Å²) in [6.07, 6.45) is 7.46. The maximum atomic E-state index is 5.86. The quantitative estimate of drug-likeness (QED) is 0.0634. The van der Waals surface area contributed by atoms with Gasteiger partial charge in [-0.2, -0.15) is 46.6 Å². The number of para-hydroxylation sites is 8. The average molecular weight is 1870 g/mol. The van der Waals surface area contributed by atoms with Gasteiger partial charge in [-0.25, -0.2) is 0 Å². The molecule has 0 aliphatic carbocycles. The van der Waals surface area contributed by atoms with Crippen LogP contribution in [0.2, 0.25) is 0 Å². The average Bonchev–Trinajstić information content (AvgIpc) is 1.56. The fraction of sp³-hybridized carbons (Fsp3) is 0.151. The van der Waals surface area contributed by atoms with Gasteiger partial charge in [0.05, 0.1) is 67.6 Å². The van der Waals surface area contributed by atoms with Gasteiger partial charge < -0.3 is 28.0 Å². The topological polar surface area (TPSA) is 77.0 Å². The van der Waals surface area contributed by atoms with Crippen molar-refractivity contribution < 1.29 is 25.8 Å². The van der Waals surface area contributed by atoms with E-state index < -0.39 is 0 Å². The predicted molar refractivity (Wildman–Crippen MR) is 541 cm³/mol. The largest absolute Gasteiger partial charge is 2.00 e. The minimum atomic E-state index is 0. The SMILES string of the molecule is CCC(C)COc1ccc(-c2c(C)nn(-c3[c-]cccc3)c2C)cc1.CCC(C)Cc1cc(-n2c3ccccc3c3ccccc32)cc(-n2c3ccccc3c3ccccc32)c1.CCC(C)Cc1cccc(-n2c3ccccc3c3cc(-c4cccc(-n5c6ccccc6c6ccccc65)c4)ccc32)c1.Cc1cc2c3cccc(-c4ccccc4)c3c3ncc[c-]c3n2n1.[Pt+2]. The Bertz CT molecular complexity index is 7770. The van der Waals surface area contributed by atoms with Gasteiger partial charge in [-0.3, -0.25) is 9.20 Å². The van der Waals surface area contributed by atoms with Crippen LogP contribution in [0.3, 0.4) is 0 Å². The van der Waals surface area contributed by atoms with Gasteiger partial charge in [-0.05, 0) is 233 Å². The molecule has 10 nitrogen and oxygen atoms in total. The number of rotatable bonds is 18. The zero-order chi connectivity index (χ0) is 87.8. The molecule has 3 unspecified atom stereocenters. The van der Waals surface area contributed by atoms with Crippen LogP contribution in [-0.2, 0) is 33.9 Å². The number of aromatic nitrogens is 9. The number of fused-ring (bicyclic) bond motifs is 18. The summed E-state index contributed by atoms with van der Waals surface area (Å²) in [7, 11) is 0. The molecule has 130 heavy (non-hydrogen) atoms. The Hall–Kier alpha value is -14.4. The van der Waals surface area contributed by atoms with Crippen molar-refractivity contribution in [1.82, 2.24) is 42.6 Å². The zero-order valence-electron chi connectivity index (χ0n) is 74.9. The summed E-state index contributed by atoms with van der Waals surface area (Å²) >= 11 is 0. The first-order valence-electron chi connectivity index (χ1n) is 45.6. The summed E-state index contributed by atoms with van der Waals surface area (Å²) in [6, 6.07) is 137. The summed E-state index contributed by atoms with van der Waals surface area (Å²) in [5.41, 5.74) is 31.7. The fourth-order valence-corrected chi connectivity index (χ4v) is 19.1. The van der Waals surface area contributed by atoms with E-state index in [4.69, 9.17) is 9.84 Å². The zero-order valence-corrected chi connectivity index (χ0v) is 77.2. The molecular weight excluding hydrogens is 1770 g/mol. The number of benzene rings is 15. The van der Waals surface area contributed by atoms with Crippen LogP contribution >= 0.6 is 0 Å². The summed E-state index contributed by atoms with van der Waals surface area (Å²) < 4.78 is 19.5. The number of nitrogens with zero attached hydrogens (tertiary/aromatic N) is 9. The molecule has 0 spiro atoms. The summed E-state index contributed by atoms with van der Waals surface area (Å²) in [5, 5.41) is 22.0. The fourth-order valence-electron chi connectivity index (χ4n) is 19.1. The predicted octanol–water partition coefficient (Wildman–Crippen LogP) is 30.8. The van der Waals surface area contributed by atoms with Crippen molar-refractivity contribution in [1.29, 1.82) is 0 Å². The third-order valence-corrected chi connectivity index (χ3v) is 26.1. The number of hydrogen-bond donors (Lipinski definition) is 0. The van der Waals surface area contributed by atoms with E-state index in [-0.39, 0.29) is 21.1 Å². The molecular formula is C119H103N9OPt. The van der Waals surface area contributed by atoms with Crippen LogP contribution in [-0.4, -0.2) is 49.3 Å². The van der Waals surface area contributed by atoms with Gasteiger partial charge >= 0.3 is 21.1 Å². The van der Waals surface area contributed by atoms with Crippen molar-refractivity contribution in [3.05, 3.63) is 411 Å². The maximum absolute atomic E-state index is 5.86. The molecule has 0 fully saturated rings. The number of hydrogen-bond acceptors (Lipinski definition) is 4. The van der Waals surface area contributed by atoms with Gasteiger partial charge in [-0.15, -0.1) is 6.07 Å². The van der Waals surface area contributed by atoms with Gasteiger partial charge in [0.25, 0.3) is 0 Å². The van der Waals surface area contributed by atoms with Gasteiger partial charge in [0.2, 0.25) is 0 Å². The first kappa shape index (κ1) is 85.0. The Balaban J connectivity index is 0.000000115. The molecule has 3 atom stereocenters. The third kappa shape index (κ3) is 16.2. The van der Waals surface area contributed by atoms with E-state index in [1.165, 1.54) is 162 Å². The van der Waals surface area contributed by atoms with Crippen LogP contribution in [0.5, 0.6) is 5.75 Å². The second-order valence-corrected chi connectivity index (χ2v) is 34.7. The van der Waals surface area contributed by atoms with Crippen LogP contribution in [0.15, 0.2) is 370 Å². The second kappa shape index (κ2) is 37.1. The van der Waals surface area contributed by atoms with E-state index >= 15 is 0 Å². The van der Waals surface area contributed by atoms with Crippen LogP contribution in [0.25, 0.3) is 176 Å². The van der Waals surface area contributed by atoms with E-state index in [9.17, 15) is 0 Å². The van der Waals surface area contributed by atoms with Crippen molar-refractivity contribution in [2.45, 2.75) is 94.4 Å². The summed E-state index contributed by atoms with van der Waals surface area (Å²) in [6.45, 7) is 20.6. The molecule has 0 N–H and O–H groups in total. The minimum Gasteiger partial charge on any atom is -0.493 e. The molecule has 11 heteroatoms. The molecule has 0 bridgehead atoms. The van der Waals surface area contributed by atoms with E-state index in [0.717, 1.165) is 87.3 Å². The second-order valence-electron chi connectivity index (χ2n) is 34.7. The monoisotopic (exact) mass is 1870 g/mol. The first-order chi connectivity index (χ1) is 63.3. The standard InChI is InChI=1S/C41H34N2.C35H30N2.C22H25N2O.C21H14N3.Pt/c1-3-28(2)24-29-12-10-14-32(25-29)42-40-21-9-6-18-36(40)37-27-31(22-23-41(37)42)30-13-11-15-33(26-30)43-38-19-7-4-16-34(38)35-17-5-8-20-39(35)43;1-3-24(2)20-25-21-26(36-32-16-8-4-12-28(32)29-13-5-9-17-33(29)36)23-27(22-25)37-34-18-10-6-14-30(34)31-15-7-11-19-35(31)37;1-5-16(2)15-25-21-13-11-19(12-14-21)22-17(3)23-24(18(22)4)20-9-7-6-8-10-20;1-14-13-19-17-10-5-9-16(15-7-3-2-4-8-15)20(17)21-18(24(19)23-14)11-6-12-22-21;/h4-23,25-28H,3,24H2,1-2H3;4-19,21-24H,3,20H2,1-2H3;6-9,11-14,16H,5,15H2,1-4H3;2-10,12-13H,1H3;/q;;2*-1;+2. The molecule has 0 amide bonds. The summed E-state index contributed by atoms with van der Waals surface area (Å²) in [4.78, 5) is 4.66. The molecule has 8 heterocycles. The maximum Gasteiger partial charge on any atom is 2.00 e. The Morgan fingerprint density at radius 2 is 0.785 bits per heavy atom. The van der Waals surface area contributed by atoms with Crippen LogP contribution in [0.4, 0.5) is 0 Å². The van der Waals surface area contributed by atoms with Crippen molar-refractivity contribution in [2.24, 2.45) is 17.8 Å². The van der Waals surface area contributed by atoms with Gasteiger partial charge in [0, 0.05) is 77.1 Å². The van der Waals surface area contributed by atoms with Crippen LogP contribution in [0.1, 0.15) is 89.0 Å². The number of aryl methyl sites for hydroxylation is 2. The molecule has 0 aliphatic heterocycles. The Labute approximate surface area is 774 Å². The van der Waals surface area contributed by atoms with E-state index in [2.05, 4.69) is 411 Å². The van der Waals surface area contributed by atoms with Crippen LogP contribution in [0, 0.1) is 50.7 Å². The van der Waals surface area contributed by atoms with Gasteiger partial charge in [0.15, 0.2) is 0 Å². The molecule has 23 aromatic rings. The van der Waals surface area contributed by atoms with E-state index in [0.29, 0.717) is 17.8 Å². The number of ether oxygens (including phenoxy) is 1. The smallest absolute Gasteiger partial charge is 0.493 e. The third-order valence-electron chi connectivity index (χ3n) is 26.1. The van der Waals surface area contributed by atoms with Crippen molar-refractivity contribution in [3.63, 3.8) is 0 Å². The van der Waals surface area contributed by atoms with Crippen molar-refractivity contribution in [2.75, 3.05) is 6.61 Å². The van der Waals surface area contributed by atoms with Gasteiger partial charge in [-0.1, -0.05) is 285 Å². The molecule has 0 saturated heterocycles. The first-order valence-corrected chi connectivity index (χ1v) is 45.6. The van der Waals surface area contributed by atoms with E-state index in [1.54, 1.807) is 6.20 Å². The minimum absolute atomic E-state index is 0. The van der Waals surface area contributed by atoms with E-state index in [1.807, 2.05) is 64.7 Å². The molecule has 15 aromatic carbocycles. The normalized spacial score (nSPS) is 12.2. The Morgan fingerprint density at radius 3 is 1.32 bits per heavy atom. The Morgan fingerprint density at radius 1 is 0.338 bits per heavy atom. The molecule has 0 radical (unpaired) electrons. The van der Waals surface area contributed by atoms with Crippen molar-refractivity contribution >= 4 is 115 Å². The molecule has 0 aliphatic rings. The molecule has 23 rings (SSSR count). The van der Waals surface area contributed by atoms with Gasteiger partial charge in [0.1, 0.15) is 5.75 Å². The summed E-state index contributed by atoms with van der Waals surface area (Å²) in [5.74, 6) is 2.79. The number of pyridine rings is 2. The van der Waals surface area contributed by atoms with Crippen LogP contribution < -0.4 is 4.74 Å². The van der Waals surface area contributed by atoms with Crippen molar-refractivity contribution in [3.8, 4) is 67.6 Å². The Kier molecular flexibility index (Phi) is 24.3. The molecule has 640 valence electrons. The molecule has 8 aromatic heterocycles.